The topological polar surface area (TPSA) is 84.9 Å². The molecular weight excluding hydrogens is 356 g/mol. The van der Waals surface area contributed by atoms with Crippen molar-refractivity contribution in [1.82, 2.24) is 15.5 Å². The highest BCUT2D eigenvalue weighted by molar-refractivity contribution is 5.95. The molecule has 7 nitrogen and oxygen atoms in total. The second-order valence-corrected chi connectivity index (χ2v) is 8.15. The van der Waals surface area contributed by atoms with Gasteiger partial charge in [0.2, 0.25) is 0 Å². The molecule has 28 heavy (non-hydrogen) atoms. The number of nitrogens with zero attached hydrogens (tertiary/aromatic N) is 2. The van der Waals surface area contributed by atoms with E-state index in [2.05, 4.69) is 33.7 Å². The van der Waals surface area contributed by atoms with Gasteiger partial charge in [-0.2, -0.15) is 0 Å². The van der Waals surface area contributed by atoms with Crippen molar-refractivity contribution in [3.8, 4) is 0 Å². The number of likely N-dealkylation sites (tertiary alicyclic amines) is 1. The van der Waals surface area contributed by atoms with E-state index in [1.54, 1.807) is 0 Å². The Labute approximate surface area is 166 Å². The number of nitrogens with one attached hydrogen (secondary N) is 2. The summed E-state index contributed by atoms with van der Waals surface area (Å²) in [6.07, 6.45) is 4.25. The minimum absolute atomic E-state index is 0.00463. The summed E-state index contributed by atoms with van der Waals surface area (Å²) in [4.78, 5) is 27.6. The summed E-state index contributed by atoms with van der Waals surface area (Å²) in [6.45, 7) is 5.13. The predicted molar refractivity (Wildman–Crippen MR) is 108 cm³/mol. The third-order valence-electron chi connectivity index (χ3n) is 6.44. The molecule has 0 radical (unpaired) electrons. The summed E-state index contributed by atoms with van der Waals surface area (Å²) in [7, 11) is 0. The van der Waals surface area contributed by atoms with Crippen LogP contribution in [0.2, 0.25) is 0 Å². The molecule has 2 saturated heterocycles. The fourth-order valence-corrected chi connectivity index (χ4v) is 4.83. The van der Waals surface area contributed by atoms with Crippen LogP contribution in [0.4, 0.5) is 10.5 Å². The lowest BCUT2D eigenvalue weighted by Gasteiger charge is -2.37. The van der Waals surface area contributed by atoms with Crippen LogP contribution >= 0.6 is 0 Å². The second kappa shape index (κ2) is 8.49. The number of hydrogen-bond donors (Lipinski definition) is 3. The van der Waals surface area contributed by atoms with E-state index in [0.717, 1.165) is 57.5 Å². The molecule has 4 rings (SSSR count). The number of urea groups is 1. The van der Waals surface area contributed by atoms with E-state index < -0.39 is 5.97 Å². The van der Waals surface area contributed by atoms with Crippen molar-refractivity contribution in [2.75, 3.05) is 44.2 Å². The van der Waals surface area contributed by atoms with Crippen molar-refractivity contribution in [3.63, 3.8) is 0 Å². The highest BCUT2D eigenvalue weighted by Gasteiger charge is 2.38. The molecule has 3 aliphatic rings. The van der Waals surface area contributed by atoms with Gasteiger partial charge < -0.3 is 20.6 Å². The number of aliphatic carboxylic acids is 1. The minimum atomic E-state index is -0.739. The second-order valence-electron chi connectivity index (χ2n) is 8.15. The molecule has 1 atom stereocenters. The average Bonchev–Trinajstić information content (AvgIpc) is 2.93. The molecule has 1 unspecified atom stereocenters. The first-order chi connectivity index (χ1) is 13.6. The number of hydrogen-bond acceptors (Lipinski definition) is 4. The van der Waals surface area contributed by atoms with Crippen LogP contribution in [0.5, 0.6) is 0 Å². The normalized spacial score (nSPS) is 23.9. The van der Waals surface area contributed by atoms with Crippen LogP contribution in [0.25, 0.3) is 0 Å². The summed E-state index contributed by atoms with van der Waals surface area (Å²) in [5.41, 5.74) is 3.75. The number of piperidine rings is 1. The molecule has 7 heteroatoms. The maximum atomic E-state index is 12.6. The van der Waals surface area contributed by atoms with Gasteiger partial charge in [-0.15, -0.1) is 0 Å². The van der Waals surface area contributed by atoms with Gasteiger partial charge in [-0.1, -0.05) is 6.07 Å². The quantitative estimate of drug-likeness (QED) is 0.713. The van der Waals surface area contributed by atoms with Gasteiger partial charge in [-0.3, -0.25) is 9.69 Å². The fourth-order valence-electron chi connectivity index (χ4n) is 4.83. The van der Waals surface area contributed by atoms with Crippen LogP contribution in [0.3, 0.4) is 0 Å². The number of carbonyl (C=O) groups excluding carboxylic acids is 1. The molecule has 2 amide bonds. The zero-order chi connectivity index (χ0) is 19.5. The van der Waals surface area contributed by atoms with E-state index in [9.17, 15) is 9.59 Å². The number of anilines is 1. The molecule has 3 N–H and O–H groups in total. The lowest BCUT2D eigenvalue weighted by molar-refractivity contribution is -0.137. The lowest BCUT2D eigenvalue weighted by atomic mass is 9.88. The number of rotatable bonds is 5. The molecule has 0 saturated carbocycles. The third kappa shape index (κ3) is 4.15. The number of carboxylic acids is 1. The summed E-state index contributed by atoms with van der Waals surface area (Å²) in [5, 5.41) is 15.4. The summed E-state index contributed by atoms with van der Waals surface area (Å²) < 4.78 is 0. The van der Waals surface area contributed by atoms with Crippen molar-refractivity contribution in [2.45, 2.75) is 38.1 Å². The third-order valence-corrected chi connectivity index (χ3v) is 6.44. The van der Waals surface area contributed by atoms with Crippen molar-refractivity contribution < 1.29 is 14.7 Å². The van der Waals surface area contributed by atoms with Crippen LogP contribution < -0.4 is 15.5 Å². The Balaban J connectivity index is 1.45. The van der Waals surface area contributed by atoms with Crippen molar-refractivity contribution in [1.29, 1.82) is 0 Å². The first kappa shape index (κ1) is 19.2. The van der Waals surface area contributed by atoms with E-state index in [0.29, 0.717) is 19.0 Å². The Morgan fingerprint density at radius 2 is 1.89 bits per heavy atom. The number of benzene rings is 1. The molecule has 3 heterocycles. The predicted octanol–water partition coefficient (Wildman–Crippen LogP) is 1.46. The van der Waals surface area contributed by atoms with Gasteiger partial charge in [0.05, 0.1) is 12.5 Å². The Hall–Kier alpha value is -2.12. The Morgan fingerprint density at radius 1 is 1.14 bits per heavy atom. The van der Waals surface area contributed by atoms with Gasteiger partial charge >= 0.3 is 12.0 Å². The molecule has 1 aromatic rings. The summed E-state index contributed by atoms with van der Waals surface area (Å²) >= 11 is 0. The van der Waals surface area contributed by atoms with Gasteiger partial charge in [0.15, 0.2) is 0 Å². The van der Waals surface area contributed by atoms with Crippen LogP contribution in [-0.4, -0.2) is 67.3 Å². The van der Waals surface area contributed by atoms with Gasteiger partial charge in [-0.05, 0) is 81.0 Å². The maximum Gasteiger partial charge on any atom is 0.322 e. The first-order valence-electron chi connectivity index (χ1n) is 10.5. The molecule has 0 spiro atoms. The molecule has 152 valence electrons. The molecule has 0 aliphatic carbocycles. The molecule has 3 aliphatic heterocycles. The van der Waals surface area contributed by atoms with Crippen molar-refractivity contribution >= 4 is 17.7 Å². The number of carbonyl (C=O) groups is 2. The Kier molecular flexibility index (Phi) is 5.82. The Bertz CT molecular complexity index is 730. The van der Waals surface area contributed by atoms with E-state index in [-0.39, 0.29) is 18.5 Å². The van der Waals surface area contributed by atoms with Crippen LogP contribution in [0, 0.1) is 5.92 Å². The van der Waals surface area contributed by atoms with Gasteiger partial charge in [0, 0.05) is 18.8 Å². The number of carboxylic acid groups (broad SMARTS) is 1. The van der Waals surface area contributed by atoms with E-state index >= 15 is 0 Å². The fraction of sp³-hybridized carbons (Fsp3) is 0.619. The van der Waals surface area contributed by atoms with E-state index in [1.807, 2.05) is 4.90 Å². The van der Waals surface area contributed by atoms with Crippen molar-refractivity contribution in [3.05, 3.63) is 29.3 Å². The zero-order valence-corrected chi connectivity index (χ0v) is 16.3. The molecular formula is C21H30N4O3. The van der Waals surface area contributed by atoms with Crippen molar-refractivity contribution in [2.24, 2.45) is 5.92 Å². The van der Waals surface area contributed by atoms with Gasteiger partial charge in [0.25, 0.3) is 0 Å². The monoisotopic (exact) mass is 386 g/mol. The highest BCUT2D eigenvalue weighted by Crippen LogP contribution is 2.32. The highest BCUT2D eigenvalue weighted by atomic mass is 16.4. The van der Waals surface area contributed by atoms with Gasteiger partial charge in [0.1, 0.15) is 0 Å². The smallest absolute Gasteiger partial charge is 0.322 e. The summed E-state index contributed by atoms with van der Waals surface area (Å²) in [5.74, 6) is -0.294. The number of fused-ring (bicyclic) bond motifs is 1. The lowest BCUT2D eigenvalue weighted by Crippen LogP contribution is -2.45. The SMILES string of the molecule is O=C(O)CCN1CCC(C2CNC(=O)N2c2ccc3c(c2)CCNCC3)CC1. The molecule has 0 aromatic heterocycles. The largest absolute Gasteiger partial charge is 0.481 e. The standard InChI is InChI=1S/C21H30N4O3/c26-20(27)7-12-24-10-5-16(6-11-24)19-14-23-21(28)25(19)18-2-1-15-3-8-22-9-4-17(15)13-18/h1-2,13,16,19,22H,3-12,14H2,(H,23,28)(H,26,27). The first-order valence-corrected chi connectivity index (χ1v) is 10.5. The number of amides is 2. The van der Waals surface area contributed by atoms with E-state index in [1.165, 1.54) is 11.1 Å². The molecule has 0 bridgehead atoms. The minimum Gasteiger partial charge on any atom is -0.481 e. The summed E-state index contributed by atoms with van der Waals surface area (Å²) in [6, 6.07) is 6.68. The zero-order valence-electron chi connectivity index (χ0n) is 16.3. The molecule has 2 fully saturated rings. The van der Waals surface area contributed by atoms with Gasteiger partial charge in [-0.25, -0.2) is 4.79 Å². The van der Waals surface area contributed by atoms with Crippen LogP contribution in [-0.2, 0) is 17.6 Å². The average molecular weight is 386 g/mol. The Morgan fingerprint density at radius 3 is 2.64 bits per heavy atom. The van der Waals surface area contributed by atoms with Crippen LogP contribution in [0.1, 0.15) is 30.4 Å². The van der Waals surface area contributed by atoms with E-state index in [4.69, 9.17) is 5.11 Å². The maximum absolute atomic E-state index is 12.6. The molecule has 1 aromatic carbocycles. The van der Waals surface area contributed by atoms with Crippen LogP contribution in [0.15, 0.2) is 18.2 Å².